The molecule has 1 unspecified atom stereocenters. The van der Waals surface area contributed by atoms with Crippen LogP contribution in [0.1, 0.15) is 51.3 Å². The minimum Gasteiger partial charge on any atom is -0.490 e. The van der Waals surface area contributed by atoms with Crippen LogP contribution in [-0.2, 0) is 10.3 Å². The van der Waals surface area contributed by atoms with Crippen LogP contribution in [0, 0.1) is 0 Å². The van der Waals surface area contributed by atoms with Crippen molar-refractivity contribution in [1.82, 2.24) is 5.32 Å². The monoisotopic (exact) mass is 393 g/mol. The lowest BCUT2D eigenvalue weighted by Crippen LogP contribution is -2.42. The summed E-state index contributed by atoms with van der Waals surface area (Å²) in [6, 6.07) is 15.7. The van der Waals surface area contributed by atoms with Crippen LogP contribution in [-0.4, -0.2) is 18.8 Å². The molecule has 1 atom stereocenters. The summed E-state index contributed by atoms with van der Waals surface area (Å²) in [6.45, 7) is 17.7. The highest BCUT2D eigenvalue weighted by atomic mass is 16.6. The van der Waals surface area contributed by atoms with E-state index in [4.69, 9.17) is 9.47 Å². The fraction of sp³-hybridized carbons (Fsp3) is 0.320. The largest absolute Gasteiger partial charge is 0.490 e. The highest BCUT2D eigenvalue weighted by Crippen LogP contribution is 2.23. The molecular formula is C25H31NO3. The minimum atomic E-state index is -0.568. The van der Waals surface area contributed by atoms with Gasteiger partial charge in [0.1, 0.15) is 18.5 Å². The van der Waals surface area contributed by atoms with Crippen LogP contribution >= 0.6 is 0 Å². The van der Waals surface area contributed by atoms with E-state index in [9.17, 15) is 4.79 Å². The van der Waals surface area contributed by atoms with Crippen LogP contribution < -0.4 is 10.1 Å². The molecule has 2 rings (SSSR count). The summed E-state index contributed by atoms with van der Waals surface area (Å²) >= 11 is 0. The van der Waals surface area contributed by atoms with Gasteiger partial charge in [-0.1, -0.05) is 60.7 Å². The Labute approximate surface area is 174 Å². The van der Waals surface area contributed by atoms with Gasteiger partial charge in [0.05, 0.1) is 5.54 Å². The van der Waals surface area contributed by atoms with Crippen LogP contribution in [0.5, 0.6) is 5.75 Å². The third-order valence-corrected chi connectivity index (χ3v) is 4.63. The van der Waals surface area contributed by atoms with E-state index in [2.05, 4.69) is 18.5 Å². The standard InChI is InChI=1S/C25H31NO3/c1-17(2)20-11-13-22(14-12-20)25(6,7)26-24(27)29-19(5)16-28-23-10-8-9-21(15-23)18(3)4/h8-15,19H,1,3,16H2,2,4-7H3,(H,26,27). The lowest BCUT2D eigenvalue weighted by atomic mass is 9.93. The molecule has 2 aromatic carbocycles. The average molecular weight is 394 g/mol. The van der Waals surface area contributed by atoms with Gasteiger partial charge in [0.15, 0.2) is 0 Å². The number of ether oxygens (including phenoxy) is 2. The molecule has 4 heteroatoms. The molecule has 2 aromatic rings. The quantitative estimate of drug-likeness (QED) is 0.582. The van der Waals surface area contributed by atoms with Gasteiger partial charge < -0.3 is 14.8 Å². The van der Waals surface area contributed by atoms with Crippen molar-refractivity contribution in [3.63, 3.8) is 0 Å². The van der Waals surface area contributed by atoms with Gasteiger partial charge in [-0.3, -0.25) is 0 Å². The summed E-state index contributed by atoms with van der Waals surface area (Å²) in [5.74, 6) is 0.722. The number of allylic oxidation sites excluding steroid dienone is 2. The van der Waals surface area contributed by atoms with Crippen molar-refractivity contribution in [2.24, 2.45) is 0 Å². The van der Waals surface area contributed by atoms with Gasteiger partial charge in [-0.25, -0.2) is 4.79 Å². The summed E-state index contributed by atoms with van der Waals surface area (Å²) in [5, 5.41) is 2.92. The average Bonchev–Trinajstić information content (AvgIpc) is 2.66. The molecule has 0 saturated heterocycles. The highest BCUT2D eigenvalue weighted by molar-refractivity contribution is 5.69. The SMILES string of the molecule is C=C(C)c1ccc(C(C)(C)NC(=O)OC(C)COc2cccc(C(=C)C)c2)cc1. The number of carbonyl (C=O) groups excluding carboxylic acids is 1. The molecule has 1 N–H and O–H groups in total. The molecule has 1 amide bonds. The van der Waals surface area contributed by atoms with E-state index < -0.39 is 17.7 Å². The fourth-order valence-electron chi connectivity index (χ4n) is 2.81. The fourth-order valence-corrected chi connectivity index (χ4v) is 2.81. The molecule has 0 aliphatic rings. The molecule has 0 aromatic heterocycles. The maximum Gasteiger partial charge on any atom is 0.408 e. The first-order chi connectivity index (χ1) is 13.6. The molecule has 0 saturated carbocycles. The topological polar surface area (TPSA) is 47.6 Å². The number of nitrogens with one attached hydrogen (secondary N) is 1. The predicted octanol–water partition coefficient (Wildman–Crippen LogP) is 6.18. The first-order valence-electron chi connectivity index (χ1n) is 9.72. The van der Waals surface area contributed by atoms with Crippen molar-refractivity contribution >= 4 is 17.2 Å². The molecule has 0 spiro atoms. The Morgan fingerprint density at radius 3 is 2.24 bits per heavy atom. The number of rotatable bonds is 8. The lowest BCUT2D eigenvalue weighted by molar-refractivity contribution is 0.0696. The van der Waals surface area contributed by atoms with Crippen molar-refractivity contribution in [1.29, 1.82) is 0 Å². The lowest BCUT2D eigenvalue weighted by Gasteiger charge is -2.27. The molecule has 0 aliphatic heterocycles. The Kier molecular flexibility index (Phi) is 7.27. The summed E-state index contributed by atoms with van der Waals surface area (Å²) in [6.07, 6.45) is -0.879. The van der Waals surface area contributed by atoms with Gasteiger partial charge in [0, 0.05) is 0 Å². The van der Waals surface area contributed by atoms with E-state index in [1.54, 1.807) is 6.92 Å². The minimum absolute atomic E-state index is 0.265. The van der Waals surface area contributed by atoms with Gasteiger partial charge in [-0.2, -0.15) is 0 Å². The van der Waals surface area contributed by atoms with Crippen molar-refractivity contribution < 1.29 is 14.3 Å². The van der Waals surface area contributed by atoms with E-state index >= 15 is 0 Å². The molecule has 0 fully saturated rings. The smallest absolute Gasteiger partial charge is 0.408 e. The van der Waals surface area contributed by atoms with E-state index in [1.165, 1.54) is 0 Å². The Morgan fingerprint density at radius 1 is 1.03 bits per heavy atom. The Balaban J connectivity index is 1.89. The summed E-state index contributed by atoms with van der Waals surface area (Å²) in [7, 11) is 0. The van der Waals surface area contributed by atoms with Crippen molar-refractivity contribution in [2.75, 3.05) is 6.61 Å². The van der Waals surface area contributed by atoms with Gasteiger partial charge in [0.25, 0.3) is 0 Å². The molecule has 0 heterocycles. The van der Waals surface area contributed by atoms with Gasteiger partial charge in [-0.05, 0) is 63.4 Å². The zero-order valence-electron chi connectivity index (χ0n) is 18.0. The number of hydrogen-bond donors (Lipinski definition) is 1. The third kappa shape index (κ3) is 6.53. The summed E-state index contributed by atoms with van der Waals surface area (Å²) in [5.41, 5.74) is 4.49. The second-order valence-corrected chi connectivity index (χ2v) is 7.94. The van der Waals surface area contributed by atoms with Crippen LogP contribution in [0.2, 0.25) is 0 Å². The number of hydrogen-bond acceptors (Lipinski definition) is 3. The maximum absolute atomic E-state index is 12.4. The second kappa shape index (κ2) is 9.46. The summed E-state index contributed by atoms with van der Waals surface area (Å²) in [4.78, 5) is 12.4. The van der Waals surface area contributed by atoms with Gasteiger partial charge in [0.2, 0.25) is 0 Å². The van der Waals surface area contributed by atoms with E-state index in [0.29, 0.717) is 0 Å². The number of alkyl carbamates (subject to hydrolysis) is 1. The Morgan fingerprint density at radius 2 is 1.66 bits per heavy atom. The van der Waals surface area contributed by atoms with Crippen LogP contribution in [0.3, 0.4) is 0 Å². The molecule has 0 radical (unpaired) electrons. The predicted molar refractivity (Wildman–Crippen MR) is 120 cm³/mol. The van der Waals surface area contributed by atoms with Crippen LogP contribution in [0.15, 0.2) is 61.7 Å². The molecule has 4 nitrogen and oxygen atoms in total. The molecular weight excluding hydrogens is 362 g/mol. The normalized spacial score (nSPS) is 12.0. The Hall–Kier alpha value is -3.01. The Bertz CT molecular complexity index is 881. The molecule has 29 heavy (non-hydrogen) atoms. The first kappa shape index (κ1) is 22.3. The van der Waals surface area contributed by atoms with Crippen LogP contribution in [0.25, 0.3) is 11.1 Å². The summed E-state index contributed by atoms with van der Waals surface area (Å²) < 4.78 is 11.2. The van der Waals surface area contributed by atoms with Crippen LogP contribution in [0.4, 0.5) is 4.79 Å². The molecule has 0 bridgehead atoms. The van der Waals surface area contributed by atoms with E-state index in [1.807, 2.05) is 76.2 Å². The number of benzene rings is 2. The van der Waals surface area contributed by atoms with Crippen molar-refractivity contribution in [3.8, 4) is 5.75 Å². The maximum atomic E-state index is 12.4. The van der Waals surface area contributed by atoms with Crippen molar-refractivity contribution in [2.45, 2.75) is 46.3 Å². The number of amides is 1. The van der Waals surface area contributed by atoms with E-state index in [0.717, 1.165) is 33.6 Å². The molecule has 154 valence electrons. The van der Waals surface area contributed by atoms with Crippen molar-refractivity contribution in [3.05, 3.63) is 78.4 Å². The zero-order valence-corrected chi connectivity index (χ0v) is 18.0. The van der Waals surface area contributed by atoms with Gasteiger partial charge >= 0.3 is 6.09 Å². The first-order valence-corrected chi connectivity index (χ1v) is 9.72. The highest BCUT2D eigenvalue weighted by Gasteiger charge is 2.24. The third-order valence-electron chi connectivity index (χ3n) is 4.63. The van der Waals surface area contributed by atoms with Gasteiger partial charge in [-0.15, -0.1) is 0 Å². The zero-order chi connectivity index (χ0) is 21.6. The van der Waals surface area contributed by atoms with E-state index in [-0.39, 0.29) is 6.61 Å². The number of carbonyl (C=O) groups is 1. The second-order valence-electron chi connectivity index (χ2n) is 7.94. The molecule has 0 aliphatic carbocycles.